The van der Waals surface area contributed by atoms with Gasteiger partial charge in [-0.15, -0.1) is 0 Å². The van der Waals surface area contributed by atoms with Gasteiger partial charge in [0, 0.05) is 25.9 Å². The van der Waals surface area contributed by atoms with Crippen molar-refractivity contribution in [2.45, 2.75) is 117 Å². The Hall–Kier alpha value is -0.216. The molecule has 1 atom stereocenters. The topological polar surface area (TPSA) is 54.0 Å². The van der Waals surface area contributed by atoms with E-state index in [2.05, 4.69) is 13.8 Å². The summed E-state index contributed by atoms with van der Waals surface area (Å²) in [6, 6.07) is 2.74. The van der Waals surface area contributed by atoms with Gasteiger partial charge in [-0.3, -0.25) is 4.79 Å². The lowest BCUT2D eigenvalue weighted by molar-refractivity contribution is -0.139. The molecule has 0 saturated heterocycles. The summed E-state index contributed by atoms with van der Waals surface area (Å²) in [5, 5.41) is 0. The van der Waals surface area contributed by atoms with Gasteiger partial charge in [-0.1, -0.05) is 59.3 Å². The van der Waals surface area contributed by atoms with E-state index in [1.807, 2.05) is 27.7 Å². The molecule has 5 nitrogen and oxygen atoms in total. The monoisotopic (exact) mass is 460 g/mol. The summed E-state index contributed by atoms with van der Waals surface area (Å²) < 4.78 is 24.6. The summed E-state index contributed by atoms with van der Waals surface area (Å²) in [4.78, 5) is 13.4. The second-order valence-corrected chi connectivity index (χ2v) is 15.6. The molecule has 0 amide bonds. The Bertz CT molecular complexity index is 443. The van der Waals surface area contributed by atoms with Crippen LogP contribution in [0, 0.1) is 5.92 Å². The highest BCUT2D eigenvalue weighted by atomic mass is 28.4. The summed E-state index contributed by atoms with van der Waals surface area (Å²) in [6.07, 6.45) is 9.74. The van der Waals surface area contributed by atoms with Crippen LogP contribution < -0.4 is 0 Å². The number of carbonyl (C=O) groups is 1. The molecule has 0 bridgehead atoms. The molecule has 0 N–H and O–H groups in total. The van der Waals surface area contributed by atoms with Gasteiger partial charge in [0.05, 0.1) is 5.92 Å². The molecule has 0 aromatic heterocycles. The molecular formula is C23H48O5Si2. The lowest BCUT2D eigenvalue weighted by Crippen LogP contribution is -2.50. The molecule has 0 aromatic rings. The first-order valence-electron chi connectivity index (χ1n) is 12.6. The van der Waals surface area contributed by atoms with Crippen molar-refractivity contribution in [2.24, 2.45) is 5.92 Å². The van der Waals surface area contributed by atoms with Crippen molar-refractivity contribution in [1.29, 1.82) is 0 Å². The zero-order chi connectivity index (χ0) is 22.5. The molecule has 1 aliphatic rings. The third-order valence-corrected chi connectivity index (χ3v) is 14.7. The summed E-state index contributed by atoms with van der Waals surface area (Å²) in [7, 11) is -4.98. The predicted molar refractivity (Wildman–Crippen MR) is 128 cm³/mol. The van der Waals surface area contributed by atoms with Crippen LogP contribution in [0.15, 0.2) is 0 Å². The van der Waals surface area contributed by atoms with Crippen LogP contribution in [-0.2, 0) is 22.5 Å². The van der Waals surface area contributed by atoms with Gasteiger partial charge >= 0.3 is 8.80 Å². The Morgan fingerprint density at radius 1 is 0.867 bits per heavy atom. The first kappa shape index (κ1) is 27.8. The minimum atomic E-state index is -2.86. The number of hydrogen-bond donors (Lipinski definition) is 0. The second kappa shape index (κ2) is 14.8. The van der Waals surface area contributed by atoms with E-state index in [9.17, 15) is 4.79 Å². The summed E-state index contributed by atoms with van der Waals surface area (Å²) >= 11 is 0. The van der Waals surface area contributed by atoms with Crippen LogP contribution in [0.25, 0.3) is 0 Å². The Morgan fingerprint density at radius 2 is 1.33 bits per heavy atom. The smallest absolute Gasteiger partial charge is 0.501 e. The molecule has 1 saturated carbocycles. The molecule has 0 heterocycles. The van der Waals surface area contributed by atoms with Crippen LogP contribution in [0.4, 0.5) is 0 Å². The molecule has 0 aliphatic heterocycles. The van der Waals surface area contributed by atoms with E-state index < -0.39 is 17.1 Å². The first-order chi connectivity index (χ1) is 14.4. The quantitative estimate of drug-likeness (QED) is 0.226. The lowest BCUT2D eigenvalue weighted by atomic mass is 10.2. The summed E-state index contributed by atoms with van der Waals surface area (Å²) in [5.41, 5.74) is 0.638. The molecular weight excluding hydrogens is 412 g/mol. The van der Waals surface area contributed by atoms with Crippen molar-refractivity contribution in [1.82, 2.24) is 0 Å². The zero-order valence-electron chi connectivity index (χ0n) is 20.6. The number of carbonyl (C=O) groups excluding carboxylic acids is 1. The third kappa shape index (κ3) is 8.37. The van der Waals surface area contributed by atoms with Gasteiger partial charge in [-0.05, 0) is 51.2 Å². The molecule has 0 aromatic carbocycles. The van der Waals surface area contributed by atoms with E-state index in [1.165, 1.54) is 38.5 Å². The van der Waals surface area contributed by atoms with Crippen LogP contribution in [0.5, 0.6) is 0 Å². The van der Waals surface area contributed by atoms with Crippen molar-refractivity contribution < 1.29 is 22.5 Å². The van der Waals surface area contributed by atoms with Gasteiger partial charge in [-0.25, -0.2) is 0 Å². The Balaban J connectivity index is 3.00. The molecule has 178 valence electrons. The van der Waals surface area contributed by atoms with Crippen LogP contribution >= 0.6 is 0 Å². The molecule has 1 unspecified atom stereocenters. The van der Waals surface area contributed by atoms with Crippen molar-refractivity contribution >= 4 is 23.1 Å². The molecule has 1 fully saturated rings. The van der Waals surface area contributed by atoms with Crippen molar-refractivity contribution in [3.8, 4) is 0 Å². The Kier molecular flexibility index (Phi) is 13.7. The van der Waals surface area contributed by atoms with E-state index in [1.54, 1.807) is 0 Å². The van der Waals surface area contributed by atoms with Gasteiger partial charge in [0.1, 0.15) is 0 Å². The lowest BCUT2D eigenvalue weighted by Gasteiger charge is -2.38. The van der Waals surface area contributed by atoms with Gasteiger partial charge in [0.2, 0.25) is 0 Å². The summed E-state index contributed by atoms with van der Waals surface area (Å²) in [6.45, 7) is 13.9. The molecule has 7 heteroatoms. The fourth-order valence-electron chi connectivity index (χ4n) is 4.84. The van der Waals surface area contributed by atoms with Gasteiger partial charge in [-0.2, -0.15) is 0 Å². The van der Waals surface area contributed by atoms with Gasteiger partial charge in [0.15, 0.2) is 0 Å². The van der Waals surface area contributed by atoms with Crippen LogP contribution in [-0.4, -0.2) is 42.9 Å². The van der Waals surface area contributed by atoms with Crippen LogP contribution in [0.2, 0.25) is 23.7 Å². The largest absolute Gasteiger partial charge is 0.519 e. The number of hydrogen-bond acceptors (Lipinski definition) is 5. The summed E-state index contributed by atoms with van der Waals surface area (Å²) in [5.74, 6) is -0.311. The van der Waals surface area contributed by atoms with E-state index >= 15 is 0 Å². The SMILES string of the molecule is CCCC[Si](CCCC)(OC(=O)C(C)C[Si](OCC)(OCC)OCC)C1CCCC1. The highest BCUT2D eigenvalue weighted by Gasteiger charge is 2.49. The highest BCUT2D eigenvalue weighted by Crippen LogP contribution is 2.45. The standard InChI is InChI=1S/C23H48O5Si2/c1-7-12-18-29(19-13-8-2,22-16-14-15-17-22)28-23(24)21(6)20-30(25-9-3,26-10-4)27-11-5/h21-22H,7-20H2,1-6H3. The third-order valence-electron chi connectivity index (χ3n) is 6.36. The number of rotatable bonds is 17. The minimum Gasteiger partial charge on any atom is -0.519 e. The predicted octanol–water partition coefficient (Wildman–Crippen LogP) is 6.70. The second-order valence-electron chi connectivity index (χ2n) is 8.76. The number of unbranched alkanes of at least 4 members (excludes halogenated alkanes) is 2. The first-order valence-corrected chi connectivity index (χ1v) is 16.9. The van der Waals surface area contributed by atoms with Crippen molar-refractivity contribution in [3.05, 3.63) is 0 Å². The normalized spacial score (nSPS) is 16.7. The zero-order valence-corrected chi connectivity index (χ0v) is 22.6. The maximum atomic E-state index is 13.4. The van der Waals surface area contributed by atoms with Crippen molar-refractivity contribution in [3.63, 3.8) is 0 Å². The maximum absolute atomic E-state index is 13.4. The average Bonchev–Trinajstić information content (AvgIpc) is 3.26. The molecule has 30 heavy (non-hydrogen) atoms. The average molecular weight is 461 g/mol. The van der Waals surface area contributed by atoms with E-state index in [4.69, 9.17) is 17.7 Å². The van der Waals surface area contributed by atoms with Gasteiger partial charge < -0.3 is 17.7 Å². The highest BCUT2D eigenvalue weighted by molar-refractivity contribution is 6.76. The molecule has 0 radical (unpaired) electrons. The Morgan fingerprint density at radius 3 is 1.73 bits per heavy atom. The maximum Gasteiger partial charge on any atom is 0.501 e. The Labute approximate surface area is 188 Å². The van der Waals surface area contributed by atoms with Gasteiger partial charge in [0.25, 0.3) is 14.3 Å². The molecule has 1 rings (SSSR count). The van der Waals surface area contributed by atoms with Crippen LogP contribution in [0.3, 0.4) is 0 Å². The minimum absolute atomic E-state index is 0.0447. The van der Waals surface area contributed by atoms with E-state index in [0.29, 0.717) is 31.4 Å². The van der Waals surface area contributed by atoms with E-state index in [0.717, 1.165) is 24.9 Å². The molecule has 1 aliphatic carbocycles. The molecule has 0 spiro atoms. The fourth-order valence-corrected chi connectivity index (χ4v) is 13.1. The van der Waals surface area contributed by atoms with E-state index in [-0.39, 0.29) is 11.9 Å². The fraction of sp³-hybridized carbons (Fsp3) is 0.957. The van der Waals surface area contributed by atoms with Crippen LogP contribution in [0.1, 0.15) is 92.9 Å². The van der Waals surface area contributed by atoms with Crippen molar-refractivity contribution in [2.75, 3.05) is 19.8 Å².